The summed E-state index contributed by atoms with van der Waals surface area (Å²) in [7, 11) is 2.28. The average molecular weight is 244 g/mol. The third kappa shape index (κ3) is 2.71. The van der Waals surface area contributed by atoms with Crippen LogP contribution in [0.5, 0.6) is 0 Å². The summed E-state index contributed by atoms with van der Waals surface area (Å²) in [5.74, 6) is -1.56. The Balaban J connectivity index is 2.94. The minimum absolute atomic E-state index is 0.0947. The first-order chi connectivity index (χ1) is 8.01. The van der Waals surface area contributed by atoms with Crippen LogP contribution in [0.3, 0.4) is 0 Å². The van der Waals surface area contributed by atoms with Gasteiger partial charge in [-0.3, -0.25) is 10.1 Å². The van der Waals surface area contributed by atoms with E-state index in [1.165, 1.54) is 7.11 Å². The molecule has 1 saturated heterocycles. The predicted octanol–water partition coefficient (Wildman–Crippen LogP) is -0.427. The van der Waals surface area contributed by atoms with Crippen LogP contribution in [0.2, 0.25) is 0 Å². The molecule has 1 N–H and O–H groups in total. The smallest absolute Gasteiger partial charge is 0.411 e. The van der Waals surface area contributed by atoms with E-state index in [1.54, 1.807) is 0 Å². The molecule has 1 atom stereocenters. The van der Waals surface area contributed by atoms with Crippen molar-refractivity contribution in [2.45, 2.75) is 18.9 Å². The highest BCUT2D eigenvalue weighted by molar-refractivity contribution is 5.87. The van der Waals surface area contributed by atoms with E-state index < -0.39 is 28.6 Å². The zero-order valence-corrected chi connectivity index (χ0v) is 9.39. The van der Waals surface area contributed by atoms with Gasteiger partial charge in [0, 0.05) is 0 Å². The Bertz CT molecular complexity index is 389. The van der Waals surface area contributed by atoms with Crippen molar-refractivity contribution in [3.63, 3.8) is 0 Å². The maximum Gasteiger partial charge on any atom is 0.411 e. The number of esters is 2. The zero-order chi connectivity index (χ0) is 13.0. The first-order valence-electron chi connectivity index (χ1n) is 4.81. The van der Waals surface area contributed by atoms with Gasteiger partial charge in [0.2, 0.25) is 0 Å². The van der Waals surface area contributed by atoms with Gasteiger partial charge in [0.1, 0.15) is 6.04 Å². The molecular formula is C9H12N2O6. The summed E-state index contributed by atoms with van der Waals surface area (Å²) in [6.45, 7) is 0. The van der Waals surface area contributed by atoms with E-state index in [4.69, 9.17) is 0 Å². The quantitative estimate of drug-likeness (QED) is 0.310. The Labute approximate surface area is 96.7 Å². The van der Waals surface area contributed by atoms with Crippen LogP contribution in [0.15, 0.2) is 11.4 Å². The Hall–Kier alpha value is -2.12. The van der Waals surface area contributed by atoms with Crippen molar-refractivity contribution >= 4 is 11.9 Å². The third-order valence-corrected chi connectivity index (χ3v) is 2.36. The Morgan fingerprint density at radius 2 is 2.06 bits per heavy atom. The van der Waals surface area contributed by atoms with E-state index >= 15 is 0 Å². The summed E-state index contributed by atoms with van der Waals surface area (Å²) >= 11 is 0. The number of allylic oxidation sites excluding steroid dienone is 1. The molecule has 1 aliphatic rings. The standard InChI is InChI=1S/C9H12N2O6/c1-16-8(12)6-4-3-5(10-6)7(11(14)15)9(13)17-2/h6,10H,3-4H2,1-2H3. The lowest BCUT2D eigenvalue weighted by Crippen LogP contribution is -2.32. The molecule has 1 fully saturated rings. The summed E-state index contributed by atoms with van der Waals surface area (Å²) in [5, 5.41) is 13.3. The van der Waals surface area contributed by atoms with E-state index in [9.17, 15) is 19.7 Å². The van der Waals surface area contributed by atoms with Crippen molar-refractivity contribution < 1.29 is 24.0 Å². The fraction of sp³-hybridized carbons (Fsp3) is 0.556. The van der Waals surface area contributed by atoms with Gasteiger partial charge < -0.3 is 14.8 Å². The maximum atomic E-state index is 11.2. The predicted molar refractivity (Wildman–Crippen MR) is 54.2 cm³/mol. The minimum Gasteiger partial charge on any atom is -0.467 e. The van der Waals surface area contributed by atoms with Crippen LogP contribution < -0.4 is 5.32 Å². The van der Waals surface area contributed by atoms with Gasteiger partial charge in [-0.15, -0.1) is 0 Å². The van der Waals surface area contributed by atoms with Crippen molar-refractivity contribution in [2.24, 2.45) is 0 Å². The zero-order valence-electron chi connectivity index (χ0n) is 9.39. The van der Waals surface area contributed by atoms with Crippen molar-refractivity contribution in [1.82, 2.24) is 5.32 Å². The lowest BCUT2D eigenvalue weighted by molar-refractivity contribution is -0.422. The van der Waals surface area contributed by atoms with Gasteiger partial charge in [0.05, 0.1) is 24.8 Å². The van der Waals surface area contributed by atoms with Crippen LogP contribution in [-0.2, 0) is 19.1 Å². The Kier molecular flexibility index (Phi) is 4.02. The summed E-state index contributed by atoms with van der Waals surface area (Å²) in [6.07, 6.45) is 0.571. The van der Waals surface area contributed by atoms with Gasteiger partial charge >= 0.3 is 17.6 Å². The number of nitrogens with zero attached hydrogens (tertiary/aromatic N) is 1. The average Bonchev–Trinajstić information content (AvgIpc) is 2.76. The largest absolute Gasteiger partial charge is 0.467 e. The summed E-state index contributed by atoms with van der Waals surface area (Å²) in [4.78, 5) is 32.3. The van der Waals surface area contributed by atoms with Gasteiger partial charge in [-0.1, -0.05) is 0 Å². The monoisotopic (exact) mass is 244 g/mol. The number of hydrogen-bond donors (Lipinski definition) is 1. The molecule has 0 aliphatic carbocycles. The molecule has 0 aromatic heterocycles. The first kappa shape index (κ1) is 12.9. The molecule has 0 amide bonds. The van der Waals surface area contributed by atoms with Crippen LogP contribution in [0.1, 0.15) is 12.8 Å². The first-order valence-corrected chi connectivity index (χ1v) is 4.81. The highest BCUT2D eigenvalue weighted by Crippen LogP contribution is 2.20. The molecule has 0 radical (unpaired) electrons. The SMILES string of the molecule is COC(=O)C(=C1CCC(C(=O)OC)N1)[N+](=O)[O-]. The van der Waals surface area contributed by atoms with E-state index in [2.05, 4.69) is 14.8 Å². The van der Waals surface area contributed by atoms with Crippen LogP contribution in [0.25, 0.3) is 0 Å². The van der Waals surface area contributed by atoms with E-state index in [0.29, 0.717) is 6.42 Å². The van der Waals surface area contributed by atoms with Crippen LogP contribution in [0, 0.1) is 10.1 Å². The molecule has 17 heavy (non-hydrogen) atoms. The molecule has 1 aliphatic heterocycles. The van der Waals surface area contributed by atoms with E-state index in [0.717, 1.165) is 7.11 Å². The number of methoxy groups -OCH3 is 2. The molecule has 0 spiro atoms. The third-order valence-electron chi connectivity index (χ3n) is 2.36. The Morgan fingerprint density at radius 3 is 2.53 bits per heavy atom. The van der Waals surface area contributed by atoms with Gasteiger partial charge in [-0.05, 0) is 12.8 Å². The molecule has 0 saturated carbocycles. The highest BCUT2D eigenvalue weighted by Gasteiger charge is 2.35. The summed E-state index contributed by atoms with van der Waals surface area (Å²) in [5.41, 5.74) is -0.573. The molecule has 1 unspecified atom stereocenters. The fourth-order valence-electron chi connectivity index (χ4n) is 1.55. The lowest BCUT2D eigenvalue weighted by Gasteiger charge is -2.07. The van der Waals surface area contributed by atoms with Crippen molar-refractivity contribution in [1.29, 1.82) is 0 Å². The lowest BCUT2D eigenvalue weighted by atomic mass is 10.2. The number of carbonyl (C=O) groups is 2. The molecule has 1 heterocycles. The second-order valence-corrected chi connectivity index (χ2v) is 3.33. The van der Waals surface area contributed by atoms with Gasteiger partial charge in [0.15, 0.2) is 0 Å². The van der Waals surface area contributed by atoms with Crippen molar-refractivity contribution in [3.8, 4) is 0 Å². The van der Waals surface area contributed by atoms with Crippen LogP contribution in [0.4, 0.5) is 0 Å². The number of nitrogens with one attached hydrogen (secondary N) is 1. The number of rotatable bonds is 3. The molecular weight excluding hydrogens is 232 g/mol. The van der Waals surface area contributed by atoms with Gasteiger partial charge in [-0.2, -0.15) is 0 Å². The molecule has 8 heteroatoms. The van der Waals surface area contributed by atoms with Crippen molar-refractivity contribution in [2.75, 3.05) is 14.2 Å². The second-order valence-electron chi connectivity index (χ2n) is 3.33. The number of carbonyl (C=O) groups excluding carboxylic acids is 2. The summed E-state index contributed by atoms with van der Waals surface area (Å²) < 4.78 is 8.81. The van der Waals surface area contributed by atoms with Crippen LogP contribution >= 0.6 is 0 Å². The fourth-order valence-corrected chi connectivity index (χ4v) is 1.55. The van der Waals surface area contributed by atoms with Crippen LogP contribution in [-0.4, -0.2) is 37.1 Å². The van der Waals surface area contributed by atoms with E-state index in [-0.39, 0.29) is 12.1 Å². The topological polar surface area (TPSA) is 108 Å². The second kappa shape index (κ2) is 5.28. The summed E-state index contributed by atoms with van der Waals surface area (Å²) in [6, 6.07) is -0.658. The van der Waals surface area contributed by atoms with E-state index in [1.807, 2.05) is 0 Å². The number of nitro groups is 1. The number of ether oxygens (including phenoxy) is 2. The molecule has 1 rings (SSSR count). The van der Waals surface area contributed by atoms with Crippen molar-refractivity contribution in [3.05, 3.63) is 21.5 Å². The van der Waals surface area contributed by atoms with Gasteiger partial charge in [0.25, 0.3) is 0 Å². The normalized spacial score (nSPS) is 21.4. The Morgan fingerprint density at radius 1 is 1.41 bits per heavy atom. The maximum absolute atomic E-state index is 11.2. The minimum atomic E-state index is -1.04. The molecule has 0 aromatic rings. The molecule has 0 bridgehead atoms. The molecule has 8 nitrogen and oxygen atoms in total. The molecule has 94 valence electrons. The highest BCUT2D eigenvalue weighted by atomic mass is 16.6. The van der Waals surface area contributed by atoms with Gasteiger partial charge in [-0.25, -0.2) is 9.59 Å². The number of hydrogen-bond acceptors (Lipinski definition) is 7. The molecule has 0 aromatic carbocycles.